The molecule has 0 spiro atoms. The third kappa shape index (κ3) is 7.20. The zero-order chi connectivity index (χ0) is 8.69. The Hall–Kier alpha value is -0.690. The largest absolute Gasteiger partial charge is 0.394 e. The van der Waals surface area contributed by atoms with Crippen LogP contribution in [-0.2, 0) is 9.63 Å². The van der Waals surface area contributed by atoms with Crippen LogP contribution >= 0.6 is 0 Å². The lowest BCUT2D eigenvalue weighted by Gasteiger charge is -2.07. The van der Waals surface area contributed by atoms with Crippen LogP contribution in [0.3, 0.4) is 0 Å². The highest BCUT2D eigenvalue weighted by molar-refractivity contribution is 5.74. The van der Waals surface area contributed by atoms with E-state index >= 15 is 0 Å². The van der Waals surface area contributed by atoms with Gasteiger partial charge in [-0.3, -0.25) is 9.63 Å². The average molecular weight is 164 g/mol. The number of aliphatic hydroxyl groups is 2. The zero-order valence-corrected chi connectivity index (χ0v) is 5.99. The summed E-state index contributed by atoms with van der Waals surface area (Å²) in [4.78, 5) is 14.5. The molecular formula is C5H12N2O4. The molecule has 0 heterocycles. The average Bonchev–Trinajstić information content (AvgIpc) is 1.97. The molecule has 0 aromatic heterocycles. The summed E-state index contributed by atoms with van der Waals surface area (Å²) in [5.74, 6) is -0.601. The van der Waals surface area contributed by atoms with Gasteiger partial charge in [0.25, 0.3) is 0 Å². The van der Waals surface area contributed by atoms with Gasteiger partial charge in [-0.15, -0.1) is 0 Å². The molecule has 0 aromatic rings. The Balaban J connectivity index is 3.08. The number of carbonyl (C=O) groups excluding carboxylic acids is 1. The summed E-state index contributed by atoms with van der Waals surface area (Å²) in [7, 11) is 0. The quantitative estimate of drug-likeness (QED) is 0.253. The van der Waals surface area contributed by atoms with E-state index < -0.39 is 12.0 Å². The van der Waals surface area contributed by atoms with Crippen molar-refractivity contribution in [3.63, 3.8) is 0 Å². The van der Waals surface area contributed by atoms with E-state index in [4.69, 9.17) is 15.9 Å². The van der Waals surface area contributed by atoms with Crippen LogP contribution in [0.1, 0.15) is 0 Å². The SMILES string of the molecule is NC(=O)CONC[C@H](O)CO. The van der Waals surface area contributed by atoms with Crippen molar-refractivity contribution in [3.05, 3.63) is 0 Å². The minimum atomic E-state index is -0.886. The molecule has 5 N–H and O–H groups in total. The Morgan fingerprint density at radius 1 is 1.73 bits per heavy atom. The topological polar surface area (TPSA) is 105 Å². The van der Waals surface area contributed by atoms with Crippen molar-refractivity contribution in [2.24, 2.45) is 5.73 Å². The highest BCUT2D eigenvalue weighted by Crippen LogP contribution is 1.76. The van der Waals surface area contributed by atoms with Crippen molar-refractivity contribution in [3.8, 4) is 0 Å². The van der Waals surface area contributed by atoms with E-state index in [9.17, 15) is 4.79 Å². The fraction of sp³-hybridized carbons (Fsp3) is 0.800. The number of primary amides is 1. The molecule has 0 rings (SSSR count). The lowest BCUT2D eigenvalue weighted by molar-refractivity contribution is -0.125. The van der Waals surface area contributed by atoms with E-state index in [1.54, 1.807) is 0 Å². The molecule has 0 aliphatic heterocycles. The molecule has 1 amide bonds. The second kappa shape index (κ2) is 6.05. The van der Waals surface area contributed by atoms with Gasteiger partial charge in [-0.2, -0.15) is 5.48 Å². The van der Waals surface area contributed by atoms with Gasteiger partial charge in [0.2, 0.25) is 5.91 Å². The molecule has 0 radical (unpaired) electrons. The van der Waals surface area contributed by atoms with Crippen molar-refractivity contribution in [1.82, 2.24) is 5.48 Å². The third-order valence-electron chi connectivity index (χ3n) is 0.846. The fourth-order valence-corrected chi connectivity index (χ4v) is 0.342. The van der Waals surface area contributed by atoms with Crippen LogP contribution in [0.15, 0.2) is 0 Å². The Bertz CT molecular complexity index is 119. The van der Waals surface area contributed by atoms with Gasteiger partial charge in [0.1, 0.15) is 6.61 Å². The van der Waals surface area contributed by atoms with Crippen LogP contribution in [-0.4, -0.2) is 42.0 Å². The summed E-state index contributed by atoms with van der Waals surface area (Å²) in [6.45, 7) is -0.547. The normalized spacial score (nSPS) is 12.9. The summed E-state index contributed by atoms with van der Waals surface area (Å²) >= 11 is 0. The second-order valence-electron chi connectivity index (χ2n) is 1.94. The van der Waals surface area contributed by atoms with E-state index in [1.165, 1.54) is 0 Å². The van der Waals surface area contributed by atoms with Gasteiger partial charge in [0.05, 0.1) is 12.7 Å². The maximum absolute atomic E-state index is 10.1. The minimum absolute atomic E-state index is 0.0593. The summed E-state index contributed by atoms with van der Waals surface area (Å²) in [6.07, 6.45) is -0.886. The maximum atomic E-state index is 10.1. The molecule has 66 valence electrons. The molecule has 0 saturated carbocycles. The first-order valence-corrected chi connectivity index (χ1v) is 3.08. The smallest absolute Gasteiger partial charge is 0.245 e. The Morgan fingerprint density at radius 2 is 2.36 bits per heavy atom. The number of amides is 1. The summed E-state index contributed by atoms with van der Waals surface area (Å²) < 4.78 is 0. The molecule has 6 nitrogen and oxygen atoms in total. The van der Waals surface area contributed by atoms with Crippen LogP contribution in [0.2, 0.25) is 0 Å². The van der Waals surface area contributed by atoms with Gasteiger partial charge in [-0.1, -0.05) is 0 Å². The zero-order valence-electron chi connectivity index (χ0n) is 5.99. The molecule has 0 aliphatic carbocycles. The third-order valence-corrected chi connectivity index (χ3v) is 0.846. The highest BCUT2D eigenvalue weighted by Gasteiger charge is 2.00. The predicted molar refractivity (Wildman–Crippen MR) is 36.2 cm³/mol. The Labute approximate surface area is 63.9 Å². The fourth-order valence-electron chi connectivity index (χ4n) is 0.342. The maximum Gasteiger partial charge on any atom is 0.245 e. The molecule has 0 aromatic carbocycles. The Kier molecular flexibility index (Phi) is 5.67. The van der Waals surface area contributed by atoms with Crippen molar-refractivity contribution in [2.75, 3.05) is 19.8 Å². The van der Waals surface area contributed by atoms with E-state index in [0.29, 0.717) is 0 Å². The van der Waals surface area contributed by atoms with Crippen molar-refractivity contribution >= 4 is 5.91 Å². The number of nitrogens with one attached hydrogen (secondary N) is 1. The number of hydroxylamine groups is 1. The van der Waals surface area contributed by atoms with E-state index in [1.807, 2.05) is 0 Å². The number of carbonyl (C=O) groups is 1. The van der Waals surface area contributed by atoms with E-state index in [0.717, 1.165) is 0 Å². The minimum Gasteiger partial charge on any atom is -0.394 e. The summed E-state index contributed by atoms with van der Waals surface area (Å²) in [5.41, 5.74) is 6.98. The van der Waals surface area contributed by atoms with Crippen LogP contribution in [0.25, 0.3) is 0 Å². The monoisotopic (exact) mass is 164 g/mol. The van der Waals surface area contributed by atoms with Crippen LogP contribution in [0, 0.1) is 0 Å². The summed E-state index contributed by atoms with van der Waals surface area (Å²) in [5, 5.41) is 17.0. The van der Waals surface area contributed by atoms with Crippen molar-refractivity contribution < 1.29 is 19.8 Å². The van der Waals surface area contributed by atoms with Gasteiger partial charge >= 0.3 is 0 Å². The molecule has 0 aliphatic rings. The van der Waals surface area contributed by atoms with Gasteiger partial charge in [-0.25, -0.2) is 0 Å². The summed E-state index contributed by atoms with van der Waals surface area (Å²) in [6, 6.07) is 0. The second-order valence-corrected chi connectivity index (χ2v) is 1.94. The molecule has 0 unspecified atom stereocenters. The van der Waals surface area contributed by atoms with Crippen molar-refractivity contribution in [1.29, 1.82) is 0 Å². The van der Waals surface area contributed by atoms with Gasteiger partial charge in [0, 0.05) is 6.54 Å². The standard InChI is InChI=1S/C5H12N2O4/c6-5(10)3-11-7-1-4(9)2-8/h4,7-9H,1-3H2,(H2,6,10)/t4-/m0/s1. The number of hydrogen-bond donors (Lipinski definition) is 4. The first-order valence-electron chi connectivity index (χ1n) is 3.08. The molecule has 0 fully saturated rings. The predicted octanol–water partition coefficient (Wildman–Crippen LogP) is -2.65. The lowest BCUT2D eigenvalue weighted by atomic mass is 10.4. The molecule has 1 atom stereocenters. The highest BCUT2D eigenvalue weighted by atomic mass is 16.6. The van der Waals surface area contributed by atoms with Crippen LogP contribution in [0.4, 0.5) is 0 Å². The van der Waals surface area contributed by atoms with Gasteiger partial charge in [0.15, 0.2) is 0 Å². The number of hydrogen-bond acceptors (Lipinski definition) is 5. The molecule has 0 saturated heterocycles. The van der Waals surface area contributed by atoms with Crippen LogP contribution < -0.4 is 11.2 Å². The lowest BCUT2D eigenvalue weighted by Crippen LogP contribution is -2.32. The number of aliphatic hydroxyl groups excluding tert-OH is 2. The van der Waals surface area contributed by atoms with Gasteiger partial charge in [-0.05, 0) is 0 Å². The van der Waals surface area contributed by atoms with Crippen LogP contribution in [0.5, 0.6) is 0 Å². The molecule has 0 bridgehead atoms. The number of rotatable bonds is 6. The first-order chi connectivity index (χ1) is 5.16. The molecular weight excluding hydrogens is 152 g/mol. The van der Waals surface area contributed by atoms with E-state index in [-0.39, 0.29) is 19.8 Å². The first kappa shape index (κ1) is 10.3. The number of nitrogens with two attached hydrogens (primary N) is 1. The Morgan fingerprint density at radius 3 is 2.82 bits per heavy atom. The molecule has 6 heteroatoms. The van der Waals surface area contributed by atoms with Crippen molar-refractivity contribution in [2.45, 2.75) is 6.10 Å². The van der Waals surface area contributed by atoms with E-state index in [2.05, 4.69) is 10.3 Å². The molecule has 11 heavy (non-hydrogen) atoms. The van der Waals surface area contributed by atoms with Gasteiger partial charge < -0.3 is 15.9 Å².